The first-order valence-electron chi connectivity index (χ1n) is 7.16. The summed E-state index contributed by atoms with van der Waals surface area (Å²) in [7, 11) is 0. The number of nitrogens with zero attached hydrogens (tertiary/aromatic N) is 1. The summed E-state index contributed by atoms with van der Waals surface area (Å²) in [5, 5.41) is 3.17. The van der Waals surface area contributed by atoms with Crippen molar-refractivity contribution < 1.29 is 4.79 Å². The predicted molar refractivity (Wildman–Crippen MR) is 75.3 cm³/mol. The Hall–Kier alpha value is -1.42. The Morgan fingerprint density at radius 1 is 1.47 bits per heavy atom. The van der Waals surface area contributed by atoms with Crippen molar-refractivity contribution in [1.82, 2.24) is 10.3 Å². The van der Waals surface area contributed by atoms with Crippen LogP contribution in [-0.2, 0) is 4.79 Å². The number of pyridine rings is 1. The van der Waals surface area contributed by atoms with E-state index in [0.29, 0.717) is 12.5 Å². The van der Waals surface area contributed by atoms with Gasteiger partial charge in [0, 0.05) is 18.3 Å². The zero-order valence-electron chi connectivity index (χ0n) is 11.5. The standard InChI is InChI=1S/C15H23N3O/c1-2-14(11-6-8-17-9-7-11)18-15(19)13-5-3-4-12(13)10-16/h6-9,12-14H,2-5,10,16H2,1H3,(H,18,19)/t12-,13-,14?/m1/s1. The Kier molecular flexibility index (Phi) is 4.91. The molecule has 1 heterocycles. The Balaban J connectivity index is 2.00. The molecule has 1 unspecified atom stereocenters. The summed E-state index contributed by atoms with van der Waals surface area (Å²) in [6, 6.07) is 4.00. The van der Waals surface area contributed by atoms with Crippen molar-refractivity contribution in [2.45, 2.75) is 38.6 Å². The average molecular weight is 261 g/mol. The van der Waals surface area contributed by atoms with E-state index in [1.165, 1.54) is 0 Å². The van der Waals surface area contributed by atoms with Crippen molar-refractivity contribution in [3.8, 4) is 0 Å². The monoisotopic (exact) mass is 261 g/mol. The summed E-state index contributed by atoms with van der Waals surface area (Å²) in [6.07, 6.45) is 7.59. The molecular weight excluding hydrogens is 238 g/mol. The lowest BCUT2D eigenvalue weighted by molar-refractivity contribution is -0.126. The molecule has 1 aliphatic rings. The Morgan fingerprint density at radius 3 is 2.84 bits per heavy atom. The van der Waals surface area contributed by atoms with E-state index >= 15 is 0 Å². The molecule has 1 aromatic rings. The predicted octanol–water partition coefficient (Wildman–Crippen LogP) is 2.02. The van der Waals surface area contributed by atoms with Gasteiger partial charge in [-0.1, -0.05) is 13.3 Å². The first-order valence-corrected chi connectivity index (χ1v) is 7.16. The maximum Gasteiger partial charge on any atom is 0.223 e. The summed E-state index contributed by atoms with van der Waals surface area (Å²) in [4.78, 5) is 16.4. The zero-order chi connectivity index (χ0) is 13.7. The average Bonchev–Trinajstić information content (AvgIpc) is 2.94. The van der Waals surface area contributed by atoms with Gasteiger partial charge in [-0.25, -0.2) is 0 Å². The number of hydrogen-bond donors (Lipinski definition) is 2. The first kappa shape index (κ1) is 14.0. The third-order valence-corrected chi connectivity index (χ3v) is 4.13. The maximum atomic E-state index is 12.4. The number of nitrogens with one attached hydrogen (secondary N) is 1. The molecule has 1 saturated carbocycles. The molecule has 3 atom stereocenters. The van der Waals surface area contributed by atoms with Crippen LogP contribution in [0.2, 0.25) is 0 Å². The van der Waals surface area contributed by atoms with Gasteiger partial charge in [-0.15, -0.1) is 0 Å². The van der Waals surface area contributed by atoms with Crippen LogP contribution in [-0.4, -0.2) is 17.4 Å². The van der Waals surface area contributed by atoms with Gasteiger partial charge >= 0.3 is 0 Å². The fourth-order valence-electron chi connectivity index (χ4n) is 2.96. The molecule has 1 aliphatic carbocycles. The van der Waals surface area contributed by atoms with Crippen LogP contribution in [0.3, 0.4) is 0 Å². The van der Waals surface area contributed by atoms with Crippen LogP contribution >= 0.6 is 0 Å². The highest BCUT2D eigenvalue weighted by Crippen LogP contribution is 2.31. The van der Waals surface area contributed by atoms with Crippen molar-refractivity contribution in [3.05, 3.63) is 30.1 Å². The van der Waals surface area contributed by atoms with Gasteiger partial charge in [-0.05, 0) is 49.4 Å². The van der Waals surface area contributed by atoms with Gasteiger partial charge in [0.1, 0.15) is 0 Å². The number of amides is 1. The molecule has 0 aliphatic heterocycles. The molecular formula is C15H23N3O. The van der Waals surface area contributed by atoms with Gasteiger partial charge in [0.25, 0.3) is 0 Å². The van der Waals surface area contributed by atoms with Crippen LogP contribution in [0.15, 0.2) is 24.5 Å². The largest absolute Gasteiger partial charge is 0.349 e. The summed E-state index contributed by atoms with van der Waals surface area (Å²) in [5.74, 6) is 0.618. The van der Waals surface area contributed by atoms with E-state index in [1.54, 1.807) is 12.4 Å². The van der Waals surface area contributed by atoms with Gasteiger partial charge in [0.15, 0.2) is 0 Å². The van der Waals surface area contributed by atoms with Gasteiger partial charge in [0.05, 0.1) is 6.04 Å². The molecule has 1 aromatic heterocycles. The molecule has 0 spiro atoms. The van der Waals surface area contributed by atoms with Gasteiger partial charge < -0.3 is 11.1 Å². The topological polar surface area (TPSA) is 68.0 Å². The van der Waals surface area contributed by atoms with E-state index in [4.69, 9.17) is 5.73 Å². The van der Waals surface area contributed by atoms with Crippen LogP contribution in [0.4, 0.5) is 0 Å². The number of aromatic nitrogens is 1. The molecule has 0 aromatic carbocycles. The molecule has 0 bridgehead atoms. The lowest BCUT2D eigenvalue weighted by Gasteiger charge is -2.22. The van der Waals surface area contributed by atoms with E-state index in [2.05, 4.69) is 17.2 Å². The molecule has 1 amide bonds. The van der Waals surface area contributed by atoms with Crippen molar-refractivity contribution >= 4 is 5.91 Å². The molecule has 1 fully saturated rings. The summed E-state index contributed by atoms with van der Waals surface area (Å²) in [6.45, 7) is 2.70. The Morgan fingerprint density at radius 2 is 2.21 bits per heavy atom. The minimum atomic E-state index is 0.0783. The maximum absolute atomic E-state index is 12.4. The van der Waals surface area contributed by atoms with Crippen molar-refractivity contribution in [3.63, 3.8) is 0 Å². The second-order valence-corrected chi connectivity index (χ2v) is 5.28. The van der Waals surface area contributed by atoms with E-state index < -0.39 is 0 Å². The van der Waals surface area contributed by atoms with E-state index in [0.717, 1.165) is 31.2 Å². The van der Waals surface area contributed by atoms with Crippen molar-refractivity contribution in [2.24, 2.45) is 17.6 Å². The molecule has 3 N–H and O–H groups in total. The normalized spacial score (nSPS) is 24.1. The lowest BCUT2D eigenvalue weighted by atomic mass is 9.94. The Bertz CT molecular complexity index is 407. The van der Waals surface area contributed by atoms with Crippen LogP contribution in [0.1, 0.15) is 44.2 Å². The fourth-order valence-corrected chi connectivity index (χ4v) is 2.96. The highest BCUT2D eigenvalue weighted by Gasteiger charge is 2.32. The van der Waals surface area contributed by atoms with E-state index in [9.17, 15) is 4.79 Å². The molecule has 104 valence electrons. The molecule has 2 rings (SSSR count). The van der Waals surface area contributed by atoms with Crippen LogP contribution in [0.5, 0.6) is 0 Å². The second-order valence-electron chi connectivity index (χ2n) is 5.28. The van der Waals surface area contributed by atoms with Crippen LogP contribution in [0.25, 0.3) is 0 Å². The van der Waals surface area contributed by atoms with Crippen molar-refractivity contribution in [1.29, 1.82) is 0 Å². The van der Waals surface area contributed by atoms with Gasteiger partial charge in [-0.2, -0.15) is 0 Å². The number of nitrogens with two attached hydrogens (primary N) is 1. The highest BCUT2D eigenvalue weighted by molar-refractivity contribution is 5.79. The number of rotatable bonds is 5. The molecule has 19 heavy (non-hydrogen) atoms. The number of hydrogen-bond acceptors (Lipinski definition) is 3. The van der Waals surface area contributed by atoms with Crippen LogP contribution < -0.4 is 11.1 Å². The zero-order valence-corrected chi connectivity index (χ0v) is 11.5. The van der Waals surface area contributed by atoms with E-state index in [-0.39, 0.29) is 17.9 Å². The fraction of sp³-hybridized carbons (Fsp3) is 0.600. The third kappa shape index (κ3) is 3.32. The van der Waals surface area contributed by atoms with Crippen LogP contribution in [0, 0.1) is 11.8 Å². The molecule has 0 saturated heterocycles. The summed E-state index contributed by atoms with van der Waals surface area (Å²) >= 11 is 0. The molecule has 4 heteroatoms. The number of carbonyl (C=O) groups excluding carboxylic acids is 1. The van der Waals surface area contributed by atoms with Crippen molar-refractivity contribution in [2.75, 3.05) is 6.54 Å². The quantitative estimate of drug-likeness (QED) is 0.852. The molecule has 4 nitrogen and oxygen atoms in total. The minimum Gasteiger partial charge on any atom is -0.349 e. The van der Waals surface area contributed by atoms with Gasteiger partial charge in [-0.3, -0.25) is 9.78 Å². The minimum absolute atomic E-state index is 0.0783. The smallest absolute Gasteiger partial charge is 0.223 e. The SMILES string of the molecule is CCC(NC(=O)[C@@H]1CCC[C@@H]1CN)c1ccncc1. The lowest BCUT2D eigenvalue weighted by Crippen LogP contribution is -2.37. The van der Waals surface area contributed by atoms with Gasteiger partial charge in [0.2, 0.25) is 5.91 Å². The first-order chi connectivity index (χ1) is 9.26. The highest BCUT2D eigenvalue weighted by atomic mass is 16.2. The number of carbonyl (C=O) groups is 1. The second kappa shape index (κ2) is 6.66. The molecule has 0 radical (unpaired) electrons. The van der Waals surface area contributed by atoms with E-state index in [1.807, 2.05) is 12.1 Å². The third-order valence-electron chi connectivity index (χ3n) is 4.13. The summed E-state index contributed by atoms with van der Waals surface area (Å²) in [5.41, 5.74) is 6.87. The Labute approximate surface area is 114 Å². The summed E-state index contributed by atoms with van der Waals surface area (Å²) < 4.78 is 0.